The first-order valence-electron chi connectivity index (χ1n) is 9.68. The number of ether oxygens (including phenoxy) is 1. The molecule has 3 aromatic rings. The van der Waals surface area contributed by atoms with Crippen molar-refractivity contribution in [2.75, 3.05) is 30.4 Å². The van der Waals surface area contributed by atoms with Gasteiger partial charge in [0.1, 0.15) is 0 Å². The fourth-order valence-corrected chi connectivity index (χ4v) is 4.15. The topological polar surface area (TPSA) is 67.4 Å². The third-order valence-electron chi connectivity index (χ3n) is 5.33. The quantitative estimate of drug-likeness (QED) is 0.625. The van der Waals surface area contributed by atoms with Crippen molar-refractivity contribution in [3.05, 3.63) is 52.5 Å². The van der Waals surface area contributed by atoms with Gasteiger partial charge < -0.3 is 15.0 Å². The van der Waals surface area contributed by atoms with Crippen molar-refractivity contribution in [3.8, 4) is 5.88 Å². The number of anilines is 2. The Hall–Kier alpha value is -2.67. The summed E-state index contributed by atoms with van der Waals surface area (Å²) in [6.07, 6.45) is 1.53. The number of amides is 1. The Labute approximate surface area is 178 Å². The minimum atomic E-state index is -0.0197. The second kappa shape index (κ2) is 8.37. The minimum absolute atomic E-state index is 0.0197. The van der Waals surface area contributed by atoms with E-state index in [1.807, 2.05) is 49.4 Å². The number of carbonyl (C=O) groups is 1. The van der Waals surface area contributed by atoms with Gasteiger partial charge >= 0.3 is 0 Å². The molecule has 0 atom stereocenters. The lowest BCUT2D eigenvalue weighted by atomic mass is 9.95. The van der Waals surface area contributed by atoms with Crippen LogP contribution >= 0.6 is 15.9 Å². The molecule has 1 aliphatic heterocycles. The van der Waals surface area contributed by atoms with E-state index in [1.54, 1.807) is 7.11 Å². The Kier molecular flexibility index (Phi) is 5.67. The molecule has 150 valence electrons. The molecule has 6 nitrogen and oxygen atoms in total. The fraction of sp³-hybridized carbons (Fsp3) is 0.318. The van der Waals surface area contributed by atoms with E-state index in [0.717, 1.165) is 58.5 Å². The number of piperidine rings is 1. The van der Waals surface area contributed by atoms with Crippen molar-refractivity contribution in [3.63, 3.8) is 0 Å². The third-order valence-corrected chi connectivity index (χ3v) is 5.82. The lowest BCUT2D eigenvalue weighted by molar-refractivity contribution is -0.120. The van der Waals surface area contributed by atoms with Crippen LogP contribution in [0.2, 0.25) is 0 Å². The Balaban J connectivity index is 1.45. The highest BCUT2D eigenvalue weighted by molar-refractivity contribution is 9.10. The number of fused-ring (bicyclic) bond motifs is 1. The number of carbonyl (C=O) groups excluding carboxylic acids is 1. The molecule has 0 radical (unpaired) electrons. The van der Waals surface area contributed by atoms with Crippen molar-refractivity contribution < 1.29 is 9.53 Å². The number of nitrogens with one attached hydrogen (secondary N) is 1. The SMILES string of the molecule is COc1nc2ccccc2nc1N1CCC(C(=O)Nc2ccc(Br)cc2C)CC1. The second-order valence-corrected chi connectivity index (χ2v) is 8.17. The number of hydrogen-bond acceptors (Lipinski definition) is 5. The maximum absolute atomic E-state index is 12.8. The monoisotopic (exact) mass is 454 g/mol. The van der Waals surface area contributed by atoms with Crippen molar-refractivity contribution in [2.45, 2.75) is 19.8 Å². The number of benzene rings is 2. The van der Waals surface area contributed by atoms with Gasteiger partial charge in [-0.2, -0.15) is 0 Å². The normalized spacial score (nSPS) is 14.8. The number of halogens is 1. The summed E-state index contributed by atoms with van der Waals surface area (Å²) in [5.74, 6) is 1.33. The van der Waals surface area contributed by atoms with Gasteiger partial charge in [0.15, 0.2) is 5.82 Å². The van der Waals surface area contributed by atoms with Gasteiger partial charge in [-0.05, 0) is 55.7 Å². The van der Waals surface area contributed by atoms with E-state index in [-0.39, 0.29) is 11.8 Å². The van der Waals surface area contributed by atoms with Gasteiger partial charge in [-0.25, -0.2) is 9.97 Å². The molecule has 0 unspecified atom stereocenters. The first-order chi connectivity index (χ1) is 14.0. The predicted octanol–water partition coefficient (Wildman–Crippen LogP) is 4.56. The Bertz CT molecular complexity index is 1050. The van der Waals surface area contributed by atoms with E-state index in [1.165, 1.54) is 0 Å². The highest BCUT2D eigenvalue weighted by atomic mass is 79.9. The van der Waals surface area contributed by atoms with Crippen LogP contribution < -0.4 is 15.0 Å². The summed E-state index contributed by atoms with van der Waals surface area (Å²) in [7, 11) is 1.61. The van der Waals surface area contributed by atoms with Crippen molar-refractivity contribution >= 4 is 44.4 Å². The number of para-hydroxylation sites is 2. The summed E-state index contributed by atoms with van der Waals surface area (Å²) in [5.41, 5.74) is 3.56. The zero-order chi connectivity index (χ0) is 20.4. The van der Waals surface area contributed by atoms with E-state index >= 15 is 0 Å². The van der Waals surface area contributed by atoms with Gasteiger partial charge in [-0.1, -0.05) is 28.1 Å². The molecule has 29 heavy (non-hydrogen) atoms. The molecule has 1 aromatic heterocycles. The first-order valence-corrected chi connectivity index (χ1v) is 10.5. The number of aryl methyl sites for hydroxylation is 1. The zero-order valence-electron chi connectivity index (χ0n) is 16.5. The second-order valence-electron chi connectivity index (χ2n) is 7.26. The van der Waals surface area contributed by atoms with Gasteiger partial charge in [0, 0.05) is 29.2 Å². The molecule has 1 saturated heterocycles. The predicted molar refractivity (Wildman–Crippen MR) is 119 cm³/mol. The maximum atomic E-state index is 12.8. The number of rotatable bonds is 4. The van der Waals surface area contributed by atoms with E-state index in [0.29, 0.717) is 5.88 Å². The highest BCUT2D eigenvalue weighted by Gasteiger charge is 2.28. The molecule has 0 bridgehead atoms. The van der Waals surface area contributed by atoms with Crippen molar-refractivity contribution in [1.82, 2.24) is 9.97 Å². The van der Waals surface area contributed by atoms with Gasteiger partial charge in [0.2, 0.25) is 5.91 Å². The van der Waals surface area contributed by atoms with Crippen LogP contribution in [0, 0.1) is 12.8 Å². The molecule has 1 N–H and O–H groups in total. The average Bonchev–Trinajstić information content (AvgIpc) is 2.74. The fourth-order valence-electron chi connectivity index (χ4n) is 3.67. The van der Waals surface area contributed by atoms with E-state index in [2.05, 4.69) is 31.1 Å². The van der Waals surface area contributed by atoms with Crippen LogP contribution in [0.5, 0.6) is 5.88 Å². The summed E-state index contributed by atoms with van der Waals surface area (Å²) >= 11 is 3.46. The average molecular weight is 455 g/mol. The first kappa shape index (κ1) is 19.6. The summed E-state index contributed by atoms with van der Waals surface area (Å²) in [4.78, 5) is 24.3. The molecule has 4 rings (SSSR count). The smallest absolute Gasteiger partial charge is 0.257 e. The molecule has 0 spiro atoms. The molecule has 1 amide bonds. The van der Waals surface area contributed by atoms with Crippen LogP contribution in [0.1, 0.15) is 18.4 Å². The standard InChI is InChI=1S/C22H23BrN4O2/c1-14-13-16(23)7-8-17(14)25-21(28)15-9-11-27(12-10-15)20-22(29-2)26-19-6-4-3-5-18(19)24-20/h3-8,13,15H,9-12H2,1-2H3,(H,25,28). The molecule has 2 aromatic carbocycles. The number of hydrogen-bond donors (Lipinski definition) is 1. The molecule has 7 heteroatoms. The molecule has 0 saturated carbocycles. The van der Waals surface area contributed by atoms with Crippen LogP contribution in [-0.2, 0) is 4.79 Å². The lowest BCUT2D eigenvalue weighted by Gasteiger charge is -2.32. The Morgan fingerprint density at radius 2 is 1.83 bits per heavy atom. The van der Waals surface area contributed by atoms with E-state index in [4.69, 9.17) is 9.72 Å². The third kappa shape index (κ3) is 4.19. The Morgan fingerprint density at radius 1 is 1.14 bits per heavy atom. The summed E-state index contributed by atoms with van der Waals surface area (Å²) in [6.45, 7) is 3.47. The Morgan fingerprint density at radius 3 is 2.48 bits per heavy atom. The number of nitrogens with zero attached hydrogens (tertiary/aromatic N) is 3. The maximum Gasteiger partial charge on any atom is 0.257 e. The highest BCUT2D eigenvalue weighted by Crippen LogP contribution is 2.31. The number of methoxy groups -OCH3 is 1. The van der Waals surface area contributed by atoms with Crippen LogP contribution in [-0.4, -0.2) is 36.1 Å². The van der Waals surface area contributed by atoms with Gasteiger partial charge in [0.05, 0.1) is 18.1 Å². The summed E-state index contributed by atoms with van der Waals surface area (Å²) < 4.78 is 6.49. The van der Waals surface area contributed by atoms with Crippen LogP contribution in [0.25, 0.3) is 11.0 Å². The molecular formula is C22H23BrN4O2. The van der Waals surface area contributed by atoms with E-state index < -0.39 is 0 Å². The summed E-state index contributed by atoms with van der Waals surface area (Å²) in [6, 6.07) is 13.6. The lowest BCUT2D eigenvalue weighted by Crippen LogP contribution is -2.39. The number of aromatic nitrogens is 2. The van der Waals surface area contributed by atoms with Gasteiger partial charge in [0.25, 0.3) is 5.88 Å². The summed E-state index contributed by atoms with van der Waals surface area (Å²) in [5, 5.41) is 3.08. The van der Waals surface area contributed by atoms with Gasteiger partial charge in [-0.3, -0.25) is 4.79 Å². The molecular weight excluding hydrogens is 432 g/mol. The van der Waals surface area contributed by atoms with Crippen LogP contribution in [0.4, 0.5) is 11.5 Å². The minimum Gasteiger partial charge on any atom is -0.478 e. The van der Waals surface area contributed by atoms with Crippen molar-refractivity contribution in [2.24, 2.45) is 5.92 Å². The molecule has 0 aliphatic carbocycles. The van der Waals surface area contributed by atoms with Gasteiger partial charge in [-0.15, -0.1) is 0 Å². The molecule has 1 aliphatic rings. The van der Waals surface area contributed by atoms with Crippen LogP contribution in [0.3, 0.4) is 0 Å². The van der Waals surface area contributed by atoms with Crippen LogP contribution in [0.15, 0.2) is 46.9 Å². The molecule has 2 heterocycles. The molecule has 1 fully saturated rings. The van der Waals surface area contributed by atoms with Crippen molar-refractivity contribution in [1.29, 1.82) is 0 Å². The zero-order valence-corrected chi connectivity index (χ0v) is 18.1. The van der Waals surface area contributed by atoms with E-state index in [9.17, 15) is 4.79 Å². The largest absolute Gasteiger partial charge is 0.478 e.